The Morgan fingerprint density at radius 1 is 1.29 bits per heavy atom. The lowest BCUT2D eigenvalue weighted by molar-refractivity contribution is 0.306. The smallest absolute Gasteiger partial charge is 0.138 e. The molecule has 0 N–H and O–H groups in total. The molecule has 1 aromatic carbocycles. The second kappa shape index (κ2) is 6.10. The van der Waals surface area contributed by atoms with Gasteiger partial charge in [0.1, 0.15) is 12.4 Å². The third-order valence-electron chi connectivity index (χ3n) is 3.38. The van der Waals surface area contributed by atoms with Crippen molar-refractivity contribution in [3.63, 3.8) is 0 Å². The summed E-state index contributed by atoms with van der Waals surface area (Å²) in [6, 6.07) is 6.34. The van der Waals surface area contributed by atoms with Crippen molar-refractivity contribution < 1.29 is 4.74 Å². The van der Waals surface area contributed by atoms with Gasteiger partial charge in [-0.05, 0) is 37.0 Å². The molecule has 0 fully saturated rings. The topological polar surface area (TPSA) is 27.1 Å². The molecule has 2 aromatic rings. The standard InChI is InChI=1S/C17H23ClN2O/c1-12(2)20-10-13(9-19-20)11-21-16-7-6-14(8-15(16)18)17(3,4)5/h6-10,12H,11H2,1-5H3. The van der Waals surface area contributed by atoms with Gasteiger partial charge in [-0.1, -0.05) is 38.4 Å². The zero-order valence-corrected chi connectivity index (χ0v) is 14.1. The SMILES string of the molecule is CC(C)n1cc(COc2ccc(C(C)(C)C)cc2Cl)cn1. The molecule has 0 aliphatic rings. The first-order chi connectivity index (χ1) is 9.77. The van der Waals surface area contributed by atoms with Gasteiger partial charge in [0, 0.05) is 17.8 Å². The summed E-state index contributed by atoms with van der Waals surface area (Å²) in [6.07, 6.45) is 3.83. The van der Waals surface area contributed by atoms with Crippen molar-refractivity contribution in [2.45, 2.75) is 52.7 Å². The molecule has 0 radical (unpaired) electrons. The van der Waals surface area contributed by atoms with Crippen LogP contribution in [-0.2, 0) is 12.0 Å². The van der Waals surface area contributed by atoms with Gasteiger partial charge in [0.05, 0.1) is 11.2 Å². The molecule has 114 valence electrons. The molecule has 0 spiro atoms. The summed E-state index contributed by atoms with van der Waals surface area (Å²) in [4.78, 5) is 0. The van der Waals surface area contributed by atoms with Crippen molar-refractivity contribution in [3.8, 4) is 5.75 Å². The van der Waals surface area contributed by atoms with Gasteiger partial charge in [-0.15, -0.1) is 0 Å². The maximum Gasteiger partial charge on any atom is 0.138 e. The Morgan fingerprint density at radius 3 is 2.52 bits per heavy atom. The van der Waals surface area contributed by atoms with Crippen LogP contribution in [0.4, 0.5) is 0 Å². The highest BCUT2D eigenvalue weighted by atomic mass is 35.5. The molecule has 0 bridgehead atoms. The van der Waals surface area contributed by atoms with Gasteiger partial charge in [-0.25, -0.2) is 0 Å². The lowest BCUT2D eigenvalue weighted by Crippen LogP contribution is -2.10. The first-order valence-electron chi connectivity index (χ1n) is 7.23. The van der Waals surface area contributed by atoms with Crippen LogP contribution < -0.4 is 4.74 Å². The van der Waals surface area contributed by atoms with E-state index in [-0.39, 0.29) is 5.41 Å². The fourth-order valence-corrected chi connectivity index (χ4v) is 2.21. The lowest BCUT2D eigenvalue weighted by Gasteiger charge is -2.20. The van der Waals surface area contributed by atoms with E-state index in [4.69, 9.17) is 16.3 Å². The largest absolute Gasteiger partial charge is 0.487 e. The van der Waals surface area contributed by atoms with Gasteiger partial charge in [-0.3, -0.25) is 4.68 Å². The average molecular weight is 307 g/mol. The minimum atomic E-state index is 0.0839. The third-order valence-corrected chi connectivity index (χ3v) is 3.67. The van der Waals surface area contributed by atoms with Crippen LogP contribution in [0.3, 0.4) is 0 Å². The Labute approximate surface area is 131 Å². The van der Waals surface area contributed by atoms with Crippen LogP contribution in [0.5, 0.6) is 5.75 Å². The minimum Gasteiger partial charge on any atom is -0.487 e. The zero-order chi connectivity index (χ0) is 15.6. The van der Waals surface area contributed by atoms with E-state index in [9.17, 15) is 0 Å². The summed E-state index contributed by atoms with van der Waals surface area (Å²) in [7, 11) is 0. The van der Waals surface area contributed by atoms with Gasteiger partial charge in [-0.2, -0.15) is 5.10 Å². The highest BCUT2D eigenvalue weighted by molar-refractivity contribution is 6.32. The Bertz CT molecular complexity index is 611. The van der Waals surface area contributed by atoms with E-state index >= 15 is 0 Å². The van der Waals surface area contributed by atoms with Gasteiger partial charge >= 0.3 is 0 Å². The molecule has 0 unspecified atom stereocenters. The van der Waals surface area contributed by atoms with E-state index in [1.165, 1.54) is 5.56 Å². The number of ether oxygens (including phenoxy) is 1. The Morgan fingerprint density at radius 2 is 2.00 bits per heavy atom. The predicted molar refractivity (Wildman–Crippen MR) is 87.1 cm³/mol. The first-order valence-corrected chi connectivity index (χ1v) is 7.61. The molecular weight excluding hydrogens is 284 g/mol. The average Bonchev–Trinajstić information content (AvgIpc) is 2.85. The molecule has 0 aliphatic heterocycles. The Balaban J connectivity index is 2.06. The van der Waals surface area contributed by atoms with E-state index in [0.717, 1.165) is 5.56 Å². The van der Waals surface area contributed by atoms with Gasteiger partial charge in [0.15, 0.2) is 0 Å². The maximum absolute atomic E-state index is 6.31. The quantitative estimate of drug-likeness (QED) is 0.795. The second-order valence-electron chi connectivity index (χ2n) is 6.61. The Hall–Kier alpha value is -1.48. The van der Waals surface area contributed by atoms with Crippen molar-refractivity contribution in [2.24, 2.45) is 0 Å². The highest BCUT2D eigenvalue weighted by Crippen LogP contribution is 2.31. The maximum atomic E-state index is 6.31. The summed E-state index contributed by atoms with van der Waals surface area (Å²) >= 11 is 6.31. The van der Waals surface area contributed by atoms with Gasteiger partial charge in [0.25, 0.3) is 0 Å². The fraction of sp³-hybridized carbons (Fsp3) is 0.471. The van der Waals surface area contributed by atoms with Crippen molar-refractivity contribution in [1.29, 1.82) is 0 Å². The van der Waals surface area contributed by atoms with Gasteiger partial charge < -0.3 is 4.74 Å². The molecule has 1 aromatic heterocycles. The lowest BCUT2D eigenvalue weighted by atomic mass is 9.87. The number of hydrogen-bond acceptors (Lipinski definition) is 2. The minimum absolute atomic E-state index is 0.0839. The number of benzene rings is 1. The number of halogens is 1. The molecule has 0 saturated heterocycles. The van der Waals surface area contributed by atoms with E-state index in [1.54, 1.807) is 0 Å². The summed E-state index contributed by atoms with van der Waals surface area (Å²) in [5, 5.41) is 4.95. The molecular formula is C17H23ClN2O. The molecule has 0 atom stereocenters. The first kappa shape index (κ1) is 15.9. The van der Waals surface area contributed by atoms with E-state index < -0.39 is 0 Å². The van der Waals surface area contributed by atoms with E-state index in [0.29, 0.717) is 23.4 Å². The number of hydrogen-bond donors (Lipinski definition) is 0. The number of rotatable bonds is 4. The third kappa shape index (κ3) is 4.01. The van der Waals surface area contributed by atoms with Crippen molar-refractivity contribution in [2.75, 3.05) is 0 Å². The van der Waals surface area contributed by atoms with Crippen molar-refractivity contribution in [1.82, 2.24) is 9.78 Å². The van der Waals surface area contributed by atoms with Crippen LogP contribution in [0.15, 0.2) is 30.6 Å². The zero-order valence-electron chi connectivity index (χ0n) is 13.4. The van der Waals surface area contributed by atoms with Crippen LogP contribution in [0, 0.1) is 0 Å². The summed E-state index contributed by atoms with van der Waals surface area (Å²) in [5.74, 6) is 0.710. The van der Waals surface area contributed by atoms with Crippen molar-refractivity contribution in [3.05, 3.63) is 46.7 Å². The predicted octanol–water partition coefficient (Wildman–Crippen LogP) is 4.99. The summed E-state index contributed by atoms with van der Waals surface area (Å²) in [5.41, 5.74) is 2.33. The Kier molecular flexibility index (Phi) is 4.62. The highest BCUT2D eigenvalue weighted by Gasteiger charge is 2.15. The van der Waals surface area contributed by atoms with Crippen LogP contribution >= 0.6 is 11.6 Å². The summed E-state index contributed by atoms with van der Waals surface area (Å²) < 4.78 is 7.72. The second-order valence-corrected chi connectivity index (χ2v) is 7.01. The molecule has 4 heteroatoms. The van der Waals surface area contributed by atoms with E-state index in [2.05, 4.69) is 45.8 Å². The number of aromatic nitrogens is 2. The molecule has 0 saturated carbocycles. The molecule has 0 amide bonds. The van der Waals surface area contributed by atoms with Gasteiger partial charge in [0.2, 0.25) is 0 Å². The normalized spacial score (nSPS) is 12.0. The summed E-state index contributed by atoms with van der Waals surface area (Å²) in [6.45, 7) is 11.2. The number of nitrogens with zero attached hydrogens (tertiary/aromatic N) is 2. The fourth-order valence-electron chi connectivity index (χ4n) is 1.98. The molecule has 1 heterocycles. The molecule has 21 heavy (non-hydrogen) atoms. The van der Waals surface area contributed by atoms with Crippen LogP contribution in [0.1, 0.15) is 51.8 Å². The van der Waals surface area contributed by atoms with Crippen LogP contribution in [-0.4, -0.2) is 9.78 Å². The van der Waals surface area contributed by atoms with Crippen LogP contribution in [0.2, 0.25) is 5.02 Å². The monoisotopic (exact) mass is 306 g/mol. The van der Waals surface area contributed by atoms with Crippen molar-refractivity contribution >= 4 is 11.6 Å². The molecule has 0 aliphatic carbocycles. The molecule has 2 rings (SSSR count). The van der Waals surface area contributed by atoms with E-state index in [1.807, 2.05) is 29.2 Å². The molecule has 3 nitrogen and oxygen atoms in total. The van der Waals surface area contributed by atoms with Crippen LogP contribution in [0.25, 0.3) is 0 Å².